The second-order valence-electron chi connectivity index (χ2n) is 6.84. The molecule has 1 aromatic heterocycles. The lowest BCUT2D eigenvalue weighted by atomic mass is 9.92. The minimum absolute atomic E-state index is 0.154. The molecule has 0 bridgehead atoms. The zero-order valence-corrected chi connectivity index (χ0v) is 16.5. The molecule has 1 aromatic carbocycles. The van der Waals surface area contributed by atoms with Crippen molar-refractivity contribution in [1.29, 1.82) is 0 Å². The lowest BCUT2D eigenvalue weighted by Gasteiger charge is -2.36. The summed E-state index contributed by atoms with van der Waals surface area (Å²) in [5.41, 5.74) is 0.745. The third-order valence-corrected chi connectivity index (χ3v) is 5.45. The number of carbonyl (C=O) groups excluding carboxylic acids is 1. The minimum Gasteiger partial charge on any atom is -0.338 e. The molecule has 1 fully saturated rings. The number of hydrogen-bond donors (Lipinski definition) is 1. The fourth-order valence-electron chi connectivity index (χ4n) is 3.03. The van der Waals surface area contributed by atoms with Gasteiger partial charge < -0.3 is 10.2 Å². The maximum atomic E-state index is 15.0. The fourth-order valence-corrected chi connectivity index (χ4v) is 3.33. The van der Waals surface area contributed by atoms with Crippen LogP contribution in [0.4, 0.5) is 4.39 Å². The van der Waals surface area contributed by atoms with Crippen LogP contribution in [0.2, 0.25) is 10.0 Å². The van der Waals surface area contributed by atoms with Crippen molar-refractivity contribution in [3.8, 4) is 0 Å². The number of piperidine rings is 1. The van der Waals surface area contributed by atoms with Gasteiger partial charge in [-0.05, 0) is 37.3 Å². The van der Waals surface area contributed by atoms with E-state index in [9.17, 15) is 4.79 Å². The van der Waals surface area contributed by atoms with Crippen LogP contribution in [0.5, 0.6) is 0 Å². The highest BCUT2D eigenvalue weighted by molar-refractivity contribution is 6.42. The second kappa shape index (κ2) is 8.50. The first kappa shape index (κ1) is 20.0. The van der Waals surface area contributed by atoms with Gasteiger partial charge in [0.2, 0.25) is 0 Å². The molecule has 1 N–H and O–H groups in total. The van der Waals surface area contributed by atoms with Gasteiger partial charge in [0.15, 0.2) is 0 Å². The predicted octanol–water partition coefficient (Wildman–Crippen LogP) is 3.83. The monoisotopic (exact) mass is 410 g/mol. The molecule has 0 aliphatic carbocycles. The third-order valence-electron chi connectivity index (χ3n) is 4.71. The maximum Gasteiger partial charge on any atom is 0.253 e. The van der Waals surface area contributed by atoms with E-state index in [0.29, 0.717) is 35.2 Å². The zero-order valence-electron chi connectivity index (χ0n) is 15.0. The van der Waals surface area contributed by atoms with E-state index in [4.69, 9.17) is 23.2 Å². The van der Waals surface area contributed by atoms with Crippen molar-refractivity contribution in [3.63, 3.8) is 0 Å². The molecule has 1 saturated heterocycles. The van der Waals surface area contributed by atoms with Crippen LogP contribution in [0.25, 0.3) is 0 Å². The Bertz CT molecular complexity index is 808. The van der Waals surface area contributed by atoms with Crippen LogP contribution in [-0.2, 0) is 6.54 Å². The van der Waals surface area contributed by atoms with Crippen molar-refractivity contribution in [2.75, 3.05) is 19.6 Å². The summed E-state index contributed by atoms with van der Waals surface area (Å²) in [7, 11) is 0. The van der Waals surface area contributed by atoms with Gasteiger partial charge in [-0.15, -0.1) is 0 Å². The Morgan fingerprint density at radius 3 is 2.56 bits per heavy atom. The second-order valence-corrected chi connectivity index (χ2v) is 7.66. The molecule has 1 aliphatic heterocycles. The fraction of sp³-hybridized carbons (Fsp3) is 0.421. The standard InChI is InChI=1S/C19H21Cl2FN4O/c1-13-2-4-15(25-24-13)11-23-12-19(22)6-8-26(9-7-19)18(27)14-3-5-16(20)17(21)10-14/h2-5,10,23H,6-9,11-12H2,1H3. The van der Waals surface area contributed by atoms with Crippen LogP contribution in [0.3, 0.4) is 0 Å². The van der Waals surface area contributed by atoms with Gasteiger partial charge >= 0.3 is 0 Å². The first-order valence-corrected chi connectivity index (χ1v) is 9.55. The average Bonchev–Trinajstić information content (AvgIpc) is 2.66. The van der Waals surface area contributed by atoms with E-state index < -0.39 is 5.67 Å². The summed E-state index contributed by atoms with van der Waals surface area (Å²) in [6.07, 6.45) is 0.569. The first-order valence-electron chi connectivity index (χ1n) is 8.79. The molecular formula is C19H21Cl2FN4O. The number of carbonyl (C=O) groups is 1. The van der Waals surface area contributed by atoms with E-state index in [0.717, 1.165) is 11.4 Å². The van der Waals surface area contributed by atoms with E-state index in [1.807, 2.05) is 19.1 Å². The molecule has 5 nitrogen and oxygen atoms in total. The SMILES string of the molecule is Cc1ccc(CNCC2(F)CCN(C(=O)c3ccc(Cl)c(Cl)c3)CC2)nn1. The molecule has 8 heteroatoms. The Morgan fingerprint density at radius 1 is 1.19 bits per heavy atom. The van der Waals surface area contributed by atoms with Gasteiger partial charge in [-0.3, -0.25) is 4.79 Å². The molecule has 3 rings (SSSR count). The largest absolute Gasteiger partial charge is 0.338 e. The summed E-state index contributed by atoms with van der Waals surface area (Å²) in [5.74, 6) is -0.154. The van der Waals surface area contributed by atoms with Gasteiger partial charge in [-0.2, -0.15) is 10.2 Å². The Labute approximate surface area is 167 Å². The number of alkyl halides is 1. The molecule has 0 radical (unpaired) electrons. The van der Waals surface area contributed by atoms with Crippen molar-refractivity contribution in [2.45, 2.75) is 32.0 Å². The van der Waals surface area contributed by atoms with Crippen molar-refractivity contribution < 1.29 is 9.18 Å². The molecule has 27 heavy (non-hydrogen) atoms. The van der Waals surface area contributed by atoms with Crippen molar-refractivity contribution in [1.82, 2.24) is 20.4 Å². The molecule has 2 aromatic rings. The van der Waals surface area contributed by atoms with Crippen molar-refractivity contribution in [2.24, 2.45) is 0 Å². The Kier molecular flexibility index (Phi) is 6.29. The van der Waals surface area contributed by atoms with Gasteiger partial charge in [0.25, 0.3) is 5.91 Å². The molecule has 0 unspecified atom stereocenters. The minimum atomic E-state index is -1.34. The number of hydrogen-bond acceptors (Lipinski definition) is 4. The van der Waals surface area contributed by atoms with Crippen LogP contribution in [0.1, 0.15) is 34.6 Å². The van der Waals surface area contributed by atoms with Crippen LogP contribution in [-0.4, -0.2) is 46.3 Å². The Morgan fingerprint density at radius 2 is 1.93 bits per heavy atom. The van der Waals surface area contributed by atoms with E-state index in [-0.39, 0.29) is 25.3 Å². The van der Waals surface area contributed by atoms with Gasteiger partial charge in [-0.25, -0.2) is 4.39 Å². The lowest BCUT2D eigenvalue weighted by Crippen LogP contribution is -2.48. The number of halogens is 3. The number of likely N-dealkylation sites (tertiary alicyclic amines) is 1. The van der Waals surface area contributed by atoms with E-state index >= 15 is 4.39 Å². The number of rotatable bonds is 5. The highest BCUT2D eigenvalue weighted by Gasteiger charge is 2.35. The van der Waals surface area contributed by atoms with Crippen LogP contribution in [0, 0.1) is 6.92 Å². The van der Waals surface area contributed by atoms with Crippen molar-refractivity contribution >= 4 is 29.1 Å². The van der Waals surface area contributed by atoms with E-state index in [1.54, 1.807) is 23.1 Å². The predicted molar refractivity (Wildman–Crippen MR) is 104 cm³/mol. The molecule has 2 heterocycles. The number of nitrogens with zero attached hydrogens (tertiary/aromatic N) is 3. The van der Waals surface area contributed by atoms with Crippen LogP contribution in [0.15, 0.2) is 30.3 Å². The molecule has 144 valence electrons. The highest BCUT2D eigenvalue weighted by atomic mass is 35.5. The number of benzene rings is 1. The van der Waals surface area contributed by atoms with Crippen LogP contribution < -0.4 is 5.32 Å². The van der Waals surface area contributed by atoms with Gasteiger partial charge in [0, 0.05) is 44.6 Å². The third kappa shape index (κ3) is 5.15. The summed E-state index contributed by atoms with van der Waals surface area (Å²) in [5, 5.41) is 11.9. The smallest absolute Gasteiger partial charge is 0.253 e. The molecule has 1 amide bonds. The van der Waals surface area contributed by atoms with E-state index in [2.05, 4.69) is 15.5 Å². The number of amides is 1. The molecule has 1 aliphatic rings. The van der Waals surface area contributed by atoms with Gasteiger partial charge in [-0.1, -0.05) is 23.2 Å². The molecule has 0 spiro atoms. The summed E-state index contributed by atoms with van der Waals surface area (Å²) >= 11 is 11.9. The molecule has 0 saturated carbocycles. The number of aromatic nitrogens is 2. The average molecular weight is 411 g/mol. The Hall–Kier alpha value is -1.76. The molecular weight excluding hydrogens is 390 g/mol. The highest BCUT2D eigenvalue weighted by Crippen LogP contribution is 2.28. The molecule has 0 atom stereocenters. The summed E-state index contributed by atoms with van der Waals surface area (Å²) in [4.78, 5) is 14.2. The topological polar surface area (TPSA) is 58.1 Å². The summed E-state index contributed by atoms with van der Waals surface area (Å²) in [6.45, 7) is 3.28. The first-order chi connectivity index (χ1) is 12.9. The zero-order chi connectivity index (χ0) is 19.4. The lowest BCUT2D eigenvalue weighted by molar-refractivity contribution is 0.0434. The van der Waals surface area contributed by atoms with E-state index in [1.165, 1.54) is 0 Å². The normalized spacial score (nSPS) is 16.4. The number of nitrogens with one attached hydrogen (secondary N) is 1. The van der Waals surface area contributed by atoms with Gasteiger partial charge in [0.05, 0.1) is 21.4 Å². The number of aryl methyl sites for hydroxylation is 1. The summed E-state index contributed by atoms with van der Waals surface area (Å²) in [6, 6.07) is 8.53. The quantitative estimate of drug-likeness (QED) is 0.813. The van der Waals surface area contributed by atoms with Crippen molar-refractivity contribution in [3.05, 3.63) is 57.3 Å². The van der Waals surface area contributed by atoms with Crippen LogP contribution >= 0.6 is 23.2 Å². The Balaban J connectivity index is 1.50. The summed E-state index contributed by atoms with van der Waals surface area (Å²) < 4.78 is 15.0. The van der Waals surface area contributed by atoms with Gasteiger partial charge in [0.1, 0.15) is 5.67 Å². The maximum absolute atomic E-state index is 15.0.